The van der Waals surface area contributed by atoms with Gasteiger partial charge in [-0.2, -0.15) is 4.40 Å². The van der Waals surface area contributed by atoms with Crippen LogP contribution in [0.15, 0.2) is 4.40 Å². The van der Waals surface area contributed by atoms with Gasteiger partial charge >= 0.3 is 0 Å². The maximum Gasteiger partial charge on any atom is 0.157 e. The topological polar surface area (TPSA) is 68.1 Å². The minimum atomic E-state index is -1.28. The third kappa shape index (κ3) is 7.81. The van der Waals surface area contributed by atoms with Crippen molar-refractivity contribution < 1.29 is 18.8 Å². The molecule has 1 aliphatic rings. The summed E-state index contributed by atoms with van der Waals surface area (Å²) in [6.07, 6.45) is 4.06. The Hall–Kier alpha value is -0.300. The highest BCUT2D eigenvalue weighted by atomic mass is 32.2. The zero-order chi connectivity index (χ0) is 16.6. The Labute approximate surface area is 137 Å². The van der Waals surface area contributed by atoms with E-state index in [0.717, 1.165) is 37.8 Å². The molecule has 22 heavy (non-hydrogen) atoms. The van der Waals surface area contributed by atoms with Crippen LogP contribution in [0.25, 0.3) is 0 Å². The average Bonchev–Trinajstić information content (AvgIpc) is 2.90. The van der Waals surface area contributed by atoms with E-state index in [1.54, 1.807) is 0 Å². The predicted octanol–water partition coefficient (Wildman–Crippen LogP) is 2.98. The van der Waals surface area contributed by atoms with E-state index in [4.69, 9.17) is 9.47 Å². The van der Waals surface area contributed by atoms with Crippen LogP contribution in [-0.4, -0.2) is 45.4 Å². The summed E-state index contributed by atoms with van der Waals surface area (Å²) < 4.78 is 27.1. The highest BCUT2D eigenvalue weighted by molar-refractivity contribution is 7.85. The number of ether oxygens (including phenoxy) is 2. The van der Waals surface area contributed by atoms with Crippen LogP contribution < -0.4 is 0 Å². The van der Waals surface area contributed by atoms with Gasteiger partial charge < -0.3 is 14.6 Å². The van der Waals surface area contributed by atoms with Gasteiger partial charge in [0.25, 0.3) is 0 Å². The zero-order valence-corrected chi connectivity index (χ0v) is 15.2. The van der Waals surface area contributed by atoms with Crippen LogP contribution in [0.1, 0.15) is 66.2 Å². The van der Waals surface area contributed by atoms with Gasteiger partial charge in [0.1, 0.15) is 11.0 Å². The smallest absolute Gasteiger partial charge is 0.157 e. The number of rotatable bonds is 9. The summed E-state index contributed by atoms with van der Waals surface area (Å²) in [4.78, 5) is 0. The Bertz CT molecular complexity index is 373. The first-order valence-electron chi connectivity index (χ1n) is 8.22. The molecule has 130 valence electrons. The molecule has 1 fully saturated rings. The van der Waals surface area contributed by atoms with Crippen LogP contribution in [0, 0.1) is 0 Å². The molecule has 1 rings (SSSR count). The SMILES string of the molecule is CCC[C@@H](O)C/C(CCCC1OCCO1)=N/[S@](=O)C(C)(C)C. The van der Waals surface area contributed by atoms with Crippen molar-refractivity contribution in [2.24, 2.45) is 4.40 Å². The van der Waals surface area contributed by atoms with E-state index in [9.17, 15) is 9.32 Å². The number of hydrogen-bond acceptors (Lipinski definition) is 4. The highest BCUT2D eigenvalue weighted by Crippen LogP contribution is 2.17. The minimum absolute atomic E-state index is 0.116. The maximum atomic E-state index is 12.2. The van der Waals surface area contributed by atoms with Crippen molar-refractivity contribution in [3.63, 3.8) is 0 Å². The van der Waals surface area contributed by atoms with Crippen LogP contribution >= 0.6 is 0 Å². The van der Waals surface area contributed by atoms with Gasteiger partial charge in [-0.25, -0.2) is 4.21 Å². The van der Waals surface area contributed by atoms with Gasteiger partial charge in [-0.1, -0.05) is 13.3 Å². The van der Waals surface area contributed by atoms with E-state index in [-0.39, 0.29) is 11.0 Å². The van der Waals surface area contributed by atoms with Crippen LogP contribution in [0.4, 0.5) is 0 Å². The molecule has 0 aromatic heterocycles. The van der Waals surface area contributed by atoms with Gasteiger partial charge in [0, 0.05) is 12.1 Å². The third-order valence-corrected chi connectivity index (χ3v) is 4.90. The van der Waals surface area contributed by atoms with E-state index in [1.165, 1.54) is 0 Å². The molecular formula is C16H31NO4S. The molecule has 0 bridgehead atoms. The lowest BCUT2D eigenvalue weighted by Crippen LogP contribution is -2.22. The predicted molar refractivity (Wildman–Crippen MR) is 90.4 cm³/mol. The molecule has 6 heteroatoms. The van der Waals surface area contributed by atoms with Gasteiger partial charge in [0.15, 0.2) is 6.29 Å². The fourth-order valence-electron chi connectivity index (χ4n) is 2.19. The van der Waals surface area contributed by atoms with Crippen LogP contribution in [0.3, 0.4) is 0 Å². The molecule has 0 saturated carbocycles. The van der Waals surface area contributed by atoms with Crippen LogP contribution in [-0.2, 0) is 20.5 Å². The summed E-state index contributed by atoms with van der Waals surface area (Å²) in [6, 6.07) is 0. The fraction of sp³-hybridized carbons (Fsp3) is 0.938. The van der Waals surface area contributed by atoms with Crippen molar-refractivity contribution in [2.45, 2.75) is 83.4 Å². The molecule has 5 nitrogen and oxygen atoms in total. The summed E-state index contributed by atoms with van der Waals surface area (Å²) in [5.74, 6) is 0. The lowest BCUT2D eigenvalue weighted by Gasteiger charge is -2.17. The molecule has 0 unspecified atom stereocenters. The van der Waals surface area contributed by atoms with E-state index in [2.05, 4.69) is 4.40 Å². The molecule has 1 heterocycles. The van der Waals surface area contributed by atoms with Gasteiger partial charge in [-0.05, 0) is 46.5 Å². The molecule has 2 atom stereocenters. The zero-order valence-electron chi connectivity index (χ0n) is 14.3. The summed E-state index contributed by atoms with van der Waals surface area (Å²) in [5, 5.41) is 10.0. The van der Waals surface area contributed by atoms with E-state index in [0.29, 0.717) is 19.6 Å². The molecule has 0 aromatic carbocycles. The third-order valence-electron chi connectivity index (χ3n) is 3.43. The van der Waals surface area contributed by atoms with Crippen molar-refractivity contribution in [2.75, 3.05) is 13.2 Å². The minimum Gasteiger partial charge on any atom is -0.393 e. The molecule has 1 aliphatic heterocycles. The molecule has 1 N–H and O–H groups in total. The number of nitrogens with zero attached hydrogens (tertiary/aromatic N) is 1. The summed E-state index contributed by atoms with van der Waals surface area (Å²) in [7, 11) is -1.28. The second-order valence-corrected chi connectivity index (χ2v) is 8.63. The number of aliphatic hydroxyl groups is 1. The highest BCUT2D eigenvalue weighted by Gasteiger charge is 2.21. The summed E-state index contributed by atoms with van der Waals surface area (Å²) in [5.41, 5.74) is 0.840. The molecule has 0 aromatic rings. The van der Waals surface area contributed by atoms with Crippen molar-refractivity contribution in [1.29, 1.82) is 0 Å². The fourth-order valence-corrected chi connectivity index (χ4v) is 2.87. The summed E-state index contributed by atoms with van der Waals surface area (Å²) in [6.45, 7) is 9.10. The Morgan fingerprint density at radius 2 is 2.00 bits per heavy atom. The Morgan fingerprint density at radius 1 is 1.36 bits per heavy atom. The molecule has 0 amide bonds. The molecule has 1 saturated heterocycles. The van der Waals surface area contributed by atoms with Gasteiger partial charge in [0.05, 0.1) is 24.1 Å². The van der Waals surface area contributed by atoms with Crippen LogP contribution in [0.5, 0.6) is 0 Å². The van der Waals surface area contributed by atoms with Gasteiger partial charge in [0.2, 0.25) is 0 Å². The largest absolute Gasteiger partial charge is 0.393 e. The average molecular weight is 333 g/mol. The van der Waals surface area contributed by atoms with Crippen molar-refractivity contribution >= 4 is 16.7 Å². The first-order chi connectivity index (χ1) is 10.3. The monoisotopic (exact) mass is 333 g/mol. The molecule has 0 spiro atoms. The number of hydrogen-bond donors (Lipinski definition) is 1. The lowest BCUT2D eigenvalue weighted by molar-refractivity contribution is -0.0473. The van der Waals surface area contributed by atoms with Crippen LogP contribution in [0.2, 0.25) is 0 Å². The Kier molecular flexibility index (Phi) is 8.75. The Morgan fingerprint density at radius 3 is 2.55 bits per heavy atom. The van der Waals surface area contributed by atoms with Gasteiger partial charge in [-0.3, -0.25) is 0 Å². The first-order valence-corrected chi connectivity index (χ1v) is 9.33. The normalized spacial score (nSPS) is 20.3. The second kappa shape index (κ2) is 9.75. The molecule has 0 aliphatic carbocycles. The van der Waals surface area contributed by atoms with E-state index in [1.807, 2.05) is 27.7 Å². The standard InChI is InChI=1S/C16H31NO4S/c1-5-7-14(18)12-13(17-22(19)16(2,3)4)8-6-9-15-20-10-11-21-15/h14-15,18H,5-12H2,1-4H3/b17-13+/t14-,22-/m1/s1. The quantitative estimate of drug-likeness (QED) is 0.659. The van der Waals surface area contributed by atoms with Crippen molar-refractivity contribution in [1.82, 2.24) is 0 Å². The van der Waals surface area contributed by atoms with E-state index < -0.39 is 17.1 Å². The van der Waals surface area contributed by atoms with Crippen molar-refractivity contribution in [3.8, 4) is 0 Å². The molecule has 0 radical (unpaired) electrons. The molecular weight excluding hydrogens is 302 g/mol. The second-order valence-electron chi connectivity index (χ2n) is 6.73. The first kappa shape index (κ1) is 19.7. The maximum absolute atomic E-state index is 12.2. The van der Waals surface area contributed by atoms with E-state index >= 15 is 0 Å². The van der Waals surface area contributed by atoms with Gasteiger partial charge in [-0.15, -0.1) is 0 Å². The summed E-state index contributed by atoms with van der Waals surface area (Å²) >= 11 is 0. The number of aliphatic hydroxyl groups excluding tert-OH is 1. The lowest BCUT2D eigenvalue weighted by atomic mass is 10.0. The Balaban J connectivity index is 2.56. The van der Waals surface area contributed by atoms with Crippen molar-refractivity contribution in [3.05, 3.63) is 0 Å².